The van der Waals surface area contributed by atoms with Crippen molar-refractivity contribution in [3.63, 3.8) is 0 Å². The molecule has 1 fully saturated rings. The molecule has 2 nitrogen and oxygen atoms in total. The van der Waals surface area contributed by atoms with E-state index in [1.807, 2.05) is 23.9 Å². The first-order valence-corrected chi connectivity index (χ1v) is 9.01. The number of nitrogens with two attached hydrogens (primary N) is 1. The van der Waals surface area contributed by atoms with Crippen LogP contribution in [0.15, 0.2) is 18.2 Å². The second-order valence-electron chi connectivity index (χ2n) is 5.40. The first kappa shape index (κ1) is 16.4. The number of thioether (sulfide) groups is 1. The molecule has 1 aliphatic rings. The average Bonchev–Trinajstić information content (AvgIpc) is 2.46. The van der Waals surface area contributed by atoms with E-state index in [-0.39, 0.29) is 6.04 Å². The maximum Gasteiger partial charge on any atom is 0.0453 e. The molecule has 2 rings (SSSR count). The van der Waals surface area contributed by atoms with Gasteiger partial charge in [0.15, 0.2) is 0 Å². The molecular weight excluding hydrogens is 311 g/mol. The summed E-state index contributed by atoms with van der Waals surface area (Å²) in [4.78, 5) is 0. The van der Waals surface area contributed by atoms with Gasteiger partial charge in [0.05, 0.1) is 0 Å². The van der Waals surface area contributed by atoms with Gasteiger partial charge < -0.3 is 0 Å². The van der Waals surface area contributed by atoms with Gasteiger partial charge in [0.25, 0.3) is 0 Å². The van der Waals surface area contributed by atoms with E-state index >= 15 is 0 Å². The van der Waals surface area contributed by atoms with Crippen LogP contribution < -0.4 is 11.3 Å². The summed E-state index contributed by atoms with van der Waals surface area (Å²) in [5, 5.41) is 2.20. The Hall–Kier alpha value is 0.0700. The highest BCUT2D eigenvalue weighted by Gasteiger charge is 2.17. The number of nitrogens with one attached hydrogen (secondary N) is 1. The molecule has 1 saturated carbocycles. The first-order chi connectivity index (χ1) is 9.69. The summed E-state index contributed by atoms with van der Waals surface area (Å²) in [5.41, 5.74) is 4.02. The fourth-order valence-electron chi connectivity index (χ4n) is 2.60. The predicted octanol–water partition coefficient (Wildman–Crippen LogP) is 4.43. The second-order valence-corrected chi connectivity index (χ2v) is 7.57. The molecule has 0 spiro atoms. The lowest BCUT2D eigenvalue weighted by molar-refractivity contribution is 0.513. The van der Waals surface area contributed by atoms with Crippen molar-refractivity contribution in [2.24, 2.45) is 5.84 Å². The summed E-state index contributed by atoms with van der Waals surface area (Å²) in [5.74, 6) is 6.71. The summed E-state index contributed by atoms with van der Waals surface area (Å²) in [6, 6.07) is 5.91. The minimum atomic E-state index is 0.251. The highest BCUT2D eigenvalue weighted by atomic mass is 35.5. The monoisotopic (exact) mass is 332 g/mol. The van der Waals surface area contributed by atoms with Crippen LogP contribution in [0.25, 0.3) is 0 Å². The van der Waals surface area contributed by atoms with Crippen LogP contribution in [0, 0.1) is 0 Å². The minimum Gasteiger partial charge on any atom is -0.271 e. The Kier molecular flexibility index (Phi) is 6.99. The van der Waals surface area contributed by atoms with E-state index in [9.17, 15) is 0 Å². The van der Waals surface area contributed by atoms with Gasteiger partial charge in [-0.2, -0.15) is 11.8 Å². The Balaban J connectivity index is 1.84. The molecule has 0 heterocycles. The maximum atomic E-state index is 6.22. The van der Waals surface area contributed by atoms with Gasteiger partial charge in [-0.1, -0.05) is 48.5 Å². The average molecular weight is 333 g/mol. The molecule has 3 N–H and O–H groups in total. The molecule has 112 valence electrons. The van der Waals surface area contributed by atoms with E-state index in [2.05, 4.69) is 5.43 Å². The normalized spacial score (nSPS) is 18.1. The molecule has 0 bridgehead atoms. The van der Waals surface area contributed by atoms with E-state index in [1.165, 1.54) is 32.1 Å². The zero-order valence-corrected chi connectivity index (χ0v) is 13.9. The van der Waals surface area contributed by atoms with E-state index in [0.29, 0.717) is 5.02 Å². The van der Waals surface area contributed by atoms with E-state index in [4.69, 9.17) is 29.0 Å². The zero-order valence-electron chi connectivity index (χ0n) is 11.6. The van der Waals surface area contributed by atoms with Gasteiger partial charge in [0.2, 0.25) is 0 Å². The molecule has 1 atom stereocenters. The zero-order chi connectivity index (χ0) is 14.4. The van der Waals surface area contributed by atoms with Crippen molar-refractivity contribution in [3.8, 4) is 0 Å². The van der Waals surface area contributed by atoms with Gasteiger partial charge in [-0.05, 0) is 37.0 Å². The minimum absolute atomic E-state index is 0.251. The van der Waals surface area contributed by atoms with Crippen LogP contribution in [-0.4, -0.2) is 17.0 Å². The Morgan fingerprint density at radius 2 is 2.00 bits per heavy atom. The van der Waals surface area contributed by atoms with Crippen molar-refractivity contribution < 1.29 is 0 Å². The molecule has 5 heteroatoms. The number of hydrogen-bond acceptors (Lipinski definition) is 3. The third kappa shape index (κ3) is 5.12. The summed E-state index contributed by atoms with van der Waals surface area (Å²) in [7, 11) is 0. The topological polar surface area (TPSA) is 38.0 Å². The Bertz CT molecular complexity index is 422. The van der Waals surface area contributed by atoms with Crippen molar-refractivity contribution in [1.82, 2.24) is 5.43 Å². The van der Waals surface area contributed by atoms with Gasteiger partial charge in [-0.3, -0.25) is 11.3 Å². The summed E-state index contributed by atoms with van der Waals surface area (Å²) in [6.45, 7) is 0. The Morgan fingerprint density at radius 3 is 2.65 bits per heavy atom. The second kappa shape index (κ2) is 8.50. The molecule has 0 aromatic heterocycles. The summed E-state index contributed by atoms with van der Waals surface area (Å²) in [6.07, 6.45) is 7.69. The number of benzene rings is 1. The fourth-order valence-corrected chi connectivity index (χ4v) is 4.47. The lowest BCUT2D eigenvalue weighted by atomic mass is 10.0. The lowest BCUT2D eigenvalue weighted by Gasteiger charge is -2.24. The SMILES string of the molecule is NNC(CSC1CCCCC1)Cc1ccc(Cl)cc1Cl. The summed E-state index contributed by atoms with van der Waals surface area (Å²) >= 11 is 14.2. The van der Waals surface area contributed by atoms with E-state index < -0.39 is 0 Å². The van der Waals surface area contributed by atoms with Crippen molar-refractivity contribution in [2.75, 3.05) is 5.75 Å². The van der Waals surface area contributed by atoms with Crippen LogP contribution in [-0.2, 0) is 6.42 Å². The van der Waals surface area contributed by atoms with Crippen LogP contribution in [0.4, 0.5) is 0 Å². The van der Waals surface area contributed by atoms with Gasteiger partial charge in [0, 0.05) is 27.1 Å². The molecule has 20 heavy (non-hydrogen) atoms. The van der Waals surface area contributed by atoms with Crippen molar-refractivity contribution in [2.45, 2.75) is 49.8 Å². The van der Waals surface area contributed by atoms with Gasteiger partial charge in [0.1, 0.15) is 0 Å². The largest absolute Gasteiger partial charge is 0.271 e. The van der Waals surface area contributed by atoms with E-state index in [0.717, 1.165) is 28.0 Å². The number of hydrazine groups is 1. The molecule has 1 aliphatic carbocycles. The third-order valence-corrected chi connectivity index (χ3v) is 5.93. The standard InChI is InChI=1S/C15H22Cl2N2S/c16-12-7-6-11(15(17)9-12)8-13(19-18)10-20-14-4-2-1-3-5-14/h6-7,9,13-14,19H,1-5,8,10,18H2. The van der Waals surface area contributed by atoms with Crippen LogP contribution >= 0.6 is 35.0 Å². The highest BCUT2D eigenvalue weighted by Crippen LogP contribution is 2.29. The van der Waals surface area contributed by atoms with Crippen LogP contribution in [0.2, 0.25) is 10.0 Å². The van der Waals surface area contributed by atoms with Gasteiger partial charge in [-0.25, -0.2) is 0 Å². The quantitative estimate of drug-likeness (QED) is 0.597. The molecule has 0 aliphatic heterocycles. The lowest BCUT2D eigenvalue weighted by Crippen LogP contribution is -2.39. The molecular formula is C15H22Cl2N2S. The molecule has 1 aromatic rings. The number of hydrogen-bond donors (Lipinski definition) is 2. The smallest absolute Gasteiger partial charge is 0.0453 e. The molecule has 0 amide bonds. The first-order valence-electron chi connectivity index (χ1n) is 7.20. The molecule has 0 saturated heterocycles. The number of halogens is 2. The Labute approximate surface area is 135 Å². The van der Waals surface area contributed by atoms with Crippen molar-refractivity contribution in [3.05, 3.63) is 33.8 Å². The molecule has 0 radical (unpaired) electrons. The van der Waals surface area contributed by atoms with Crippen LogP contribution in [0.5, 0.6) is 0 Å². The van der Waals surface area contributed by atoms with E-state index in [1.54, 1.807) is 6.07 Å². The Morgan fingerprint density at radius 1 is 1.25 bits per heavy atom. The van der Waals surface area contributed by atoms with Crippen molar-refractivity contribution >= 4 is 35.0 Å². The highest BCUT2D eigenvalue weighted by molar-refractivity contribution is 7.99. The third-order valence-electron chi connectivity index (χ3n) is 3.80. The van der Waals surface area contributed by atoms with Crippen molar-refractivity contribution in [1.29, 1.82) is 0 Å². The molecule has 1 aromatic carbocycles. The van der Waals surface area contributed by atoms with Gasteiger partial charge >= 0.3 is 0 Å². The predicted molar refractivity (Wildman–Crippen MR) is 90.6 cm³/mol. The fraction of sp³-hybridized carbons (Fsp3) is 0.600. The maximum absolute atomic E-state index is 6.22. The summed E-state index contributed by atoms with van der Waals surface area (Å²) < 4.78 is 0. The molecule has 1 unspecified atom stereocenters. The van der Waals surface area contributed by atoms with Crippen LogP contribution in [0.1, 0.15) is 37.7 Å². The van der Waals surface area contributed by atoms with Crippen LogP contribution in [0.3, 0.4) is 0 Å². The van der Waals surface area contributed by atoms with Gasteiger partial charge in [-0.15, -0.1) is 0 Å². The number of rotatable bonds is 6.